The van der Waals surface area contributed by atoms with Gasteiger partial charge in [0, 0.05) is 31.1 Å². The van der Waals surface area contributed by atoms with Crippen LogP contribution in [0, 0.1) is 5.41 Å². The number of aryl methyl sites for hydroxylation is 1. The van der Waals surface area contributed by atoms with Crippen LogP contribution in [0.3, 0.4) is 0 Å². The molecule has 1 atom stereocenters. The highest BCUT2D eigenvalue weighted by molar-refractivity contribution is 5.87. The topological polar surface area (TPSA) is 56.2 Å². The summed E-state index contributed by atoms with van der Waals surface area (Å²) in [6, 6.07) is 16.7. The van der Waals surface area contributed by atoms with Crippen molar-refractivity contribution < 1.29 is 9.53 Å². The molecular formula is C23H25N3O2. The number of carbonyl (C=O) groups is 1. The van der Waals surface area contributed by atoms with Crippen LogP contribution in [0.25, 0.3) is 10.9 Å². The zero-order chi connectivity index (χ0) is 19.1. The summed E-state index contributed by atoms with van der Waals surface area (Å²) >= 11 is 0. The van der Waals surface area contributed by atoms with Gasteiger partial charge >= 0.3 is 0 Å². The Balaban J connectivity index is 1.42. The van der Waals surface area contributed by atoms with Gasteiger partial charge in [-0.2, -0.15) is 5.10 Å². The molecule has 3 aromatic rings. The van der Waals surface area contributed by atoms with Crippen LogP contribution >= 0.6 is 0 Å². The van der Waals surface area contributed by atoms with Crippen molar-refractivity contribution >= 4 is 16.8 Å². The van der Waals surface area contributed by atoms with Gasteiger partial charge in [0.15, 0.2) is 0 Å². The van der Waals surface area contributed by atoms with E-state index < -0.39 is 0 Å². The smallest absolute Gasteiger partial charge is 0.226 e. The summed E-state index contributed by atoms with van der Waals surface area (Å²) in [6.45, 7) is 1.54. The maximum Gasteiger partial charge on any atom is 0.226 e. The molecule has 144 valence electrons. The minimum absolute atomic E-state index is 0.0384. The Morgan fingerprint density at radius 1 is 1.18 bits per heavy atom. The van der Waals surface area contributed by atoms with Gasteiger partial charge in [0.2, 0.25) is 5.91 Å². The molecule has 5 heteroatoms. The molecule has 1 aromatic heterocycles. The van der Waals surface area contributed by atoms with Crippen molar-refractivity contribution in [1.29, 1.82) is 0 Å². The molecule has 5 rings (SSSR count). The molecule has 1 aliphatic heterocycles. The first-order valence-corrected chi connectivity index (χ1v) is 10.0. The number of hydrogen-bond acceptors (Lipinski definition) is 3. The zero-order valence-corrected chi connectivity index (χ0v) is 16.1. The molecule has 28 heavy (non-hydrogen) atoms. The highest BCUT2D eigenvalue weighted by Gasteiger charge is 2.47. The highest BCUT2D eigenvalue weighted by atomic mass is 16.5. The van der Waals surface area contributed by atoms with Gasteiger partial charge in [0.05, 0.1) is 23.7 Å². The van der Waals surface area contributed by atoms with Crippen LogP contribution < -0.4 is 5.32 Å². The minimum Gasteiger partial charge on any atom is -0.381 e. The molecular weight excluding hydrogens is 350 g/mol. The number of nitrogens with zero attached hydrogens (tertiary/aromatic N) is 2. The molecule has 2 heterocycles. The standard InChI is InChI=1S/C23H25N3O2/c1-26-20-9-5-4-8-18(20)19(25-26)14-21(27)24-22-17-7-3-2-6-16(17)15-23(22)10-12-28-13-11-23/h2-9,22H,10-15H2,1H3,(H,24,27). The first-order chi connectivity index (χ1) is 13.7. The fourth-order valence-corrected chi connectivity index (χ4v) is 5.05. The van der Waals surface area contributed by atoms with E-state index in [0.717, 1.165) is 49.1 Å². The molecule has 5 nitrogen and oxygen atoms in total. The quantitative estimate of drug-likeness (QED) is 0.764. The average molecular weight is 375 g/mol. The summed E-state index contributed by atoms with van der Waals surface area (Å²) in [5.41, 5.74) is 4.59. The lowest BCUT2D eigenvalue weighted by Gasteiger charge is -2.39. The third-order valence-electron chi connectivity index (χ3n) is 6.48. The van der Waals surface area contributed by atoms with Gasteiger partial charge in [0.25, 0.3) is 0 Å². The Bertz CT molecular complexity index is 1030. The van der Waals surface area contributed by atoms with Gasteiger partial charge in [-0.15, -0.1) is 0 Å². The van der Waals surface area contributed by atoms with Crippen LogP contribution in [0.5, 0.6) is 0 Å². The predicted octanol–water partition coefficient (Wildman–Crippen LogP) is 3.33. The molecule has 2 aliphatic rings. The van der Waals surface area contributed by atoms with E-state index in [0.29, 0.717) is 6.42 Å². The number of amides is 1. The third-order valence-corrected chi connectivity index (χ3v) is 6.48. The lowest BCUT2D eigenvalue weighted by atomic mass is 9.74. The number of nitrogens with one attached hydrogen (secondary N) is 1. The minimum atomic E-state index is 0.0384. The van der Waals surface area contributed by atoms with E-state index in [4.69, 9.17) is 4.74 Å². The summed E-state index contributed by atoms with van der Waals surface area (Å²) in [7, 11) is 1.92. The van der Waals surface area contributed by atoms with E-state index >= 15 is 0 Å². The molecule has 0 bridgehead atoms. The van der Waals surface area contributed by atoms with E-state index in [2.05, 4.69) is 34.7 Å². The number of fused-ring (bicyclic) bond motifs is 2. The molecule has 1 unspecified atom stereocenters. The van der Waals surface area contributed by atoms with E-state index in [1.54, 1.807) is 0 Å². The molecule has 1 aliphatic carbocycles. The fourth-order valence-electron chi connectivity index (χ4n) is 5.05. The number of aromatic nitrogens is 2. The predicted molar refractivity (Wildman–Crippen MR) is 108 cm³/mol. The van der Waals surface area contributed by atoms with Gasteiger partial charge in [-0.3, -0.25) is 9.48 Å². The van der Waals surface area contributed by atoms with Crippen LogP contribution in [0.1, 0.15) is 35.7 Å². The van der Waals surface area contributed by atoms with Crippen molar-refractivity contribution in [2.24, 2.45) is 12.5 Å². The summed E-state index contributed by atoms with van der Waals surface area (Å²) < 4.78 is 7.48. The van der Waals surface area contributed by atoms with Crippen molar-refractivity contribution in [3.05, 3.63) is 65.4 Å². The van der Waals surface area contributed by atoms with Gasteiger partial charge in [-0.1, -0.05) is 42.5 Å². The fraction of sp³-hybridized carbons (Fsp3) is 0.391. The number of carbonyl (C=O) groups excluding carboxylic acids is 1. The van der Waals surface area contributed by atoms with Crippen molar-refractivity contribution in [3.63, 3.8) is 0 Å². The maximum atomic E-state index is 13.1. The summed E-state index contributed by atoms with van der Waals surface area (Å²) in [4.78, 5) is 13.1. The molecule has 1 fully saturated rings. The molecule has 2 aromatic carbocycles. The lowest BCUT2D eigenvalue weighted by Crippen LogP contribution is -2.42. The summed E-state index contributed by atoms with van der Waals surface area (Å²) in [5.74, 6) is 0.0384. The van der Waals surface area contributed by atoms with Crippen LogP contribution in [0.2, 0.25) is 0 Å². The van der Waals surface area contributed by atoms with Gasteiger partial charge < -0.3 is 10.1 Å². The van der Waals surface area contributed by atoms with Crippen LogP contribution in [0.15, 0.2) is 48.5 Å². The van der Waals surface area contributed by atoms with E-state index in [1.165, 1.54) is 11.1 Å². The Labute approximate surface area is 164 Å². The first kappa shape index (κ1) is 17.4. The van der Waals surface area contributed by atoms with E-state index in [9.17, 15) is 4.79 Å². The van der Waals surface area contributed by atoms with Gasteiger partial charge in [-0.05, 0) is 36.5 Å². The molecule has 1 spiro atoms. The van der Waals surface area contributed by atoms with Crippen molar-refractivity contribution in [1.82, 2.24) is 15.1 Å². The number of para-hydroxylation sites is 1. The number of benzene rings is 2. The normalized spacial score (nSPS) is 20.4. The van der Waals surface area contributed by atoms with Gasteiger partial charge in [-0.25, -0.2) is 0 Å². The lowest BCUT2D eigenvalue weighted by molar-refractivity contribution is -0.122. The molecule has 1 N–H and O–H groups in total. The van der Waals surface area contributed by atoms with E-state index in [-0.39, 0.29) is 17.4 Å². The van der Waals surface area contributed by atoms with Crippen LogP contribution in [0.4, 0.5) is 0 Å². The van der Waals surface area contributed by atoms with E-state index in [1.807, 2.05) is 36.0 Å². The van der Waals surface area contributed by atoms with Crippen LogP contribution in [-0.4, -0.2) is 28.9 Å². The second kappa shape index (κ2) is 6.74. The number of hydrogen-bond donors (Lipinski definition) is 1. The summed E-state index contributed by atoms with van der Waals surface area (Å²) in [5, 5.41) is 9.01. The average Bonchev–Trinajstić information content (AvgIpc) is 3.18. The molecule has 0 saturated carbocycles. The second-order valence-corrected chi connectivity index (χ2v) is 8.12. The van der Waals surface area contributed by atoms with Gasteiger partial charge in [0.1, 0.15) is 0 Å². The highest BCUT2D eigenvalue weighted by Crippen LogP contribution is 2.51. The SMILES string of the molecule is Cn1nc(CC(=O)NC2c3ccccc3CC23CCOCC3)c2ccccc21. The number of ether oxygens (including phenoxy) is 1. The van der Waals surface area contributed by atoms with Crippen molar-refractivity contribution in [2.45, 2.75) is 31.7 Å². The number of rotatable bonds is 3. The molecule has 1 saturated heterocycles. The van der Waals surface area contributed by atoms with Crippen molar-refractivity contribution in [3.8, 4) is 0 Å². The Hall–Kier alpha value is -2.66. The monoisotopic (exact) mass is 375 g/mol. The zero-order valence-electron chi connectivity index (χ0n) is 16.1. The Kier molecular flexibility index (Phi) is 4.20. The third kappa shape index (κ3) is 2.81. The van der Waals surface area contributed by atoms with Crippen molar-refractivity contribution in [2.75, 3.05) is 13.2 Å². The first-order valence-electron chi connectivity index (χ1n) is 10.0. The van der Waals surface area contributed by atoms with Crippen LogP contribution in [-0.2, 0) is 29.4 Å². The summed E-state index contributed by atoms with van der Waals surface area (Å²) in [6.07, 6.45) is 3.29. The largest absolute Gasteiger partial charge is 0.381 e. The molecule has 1 amide bonds. The molecule has 0 radical (unpaired) electrons. The second-order valence-electron chi connectivity index (χ2n) is 8.12. The maximum absolute atomic E-state index is 13.1. The Morgan fingerprint density at radius 3 is 2.79 bits per heavy atom. The Morgan fingerprint density at radius 2 is 1.93 bits per heavy atom.